The largest absolute Gasteiger partial charge is 0.452 e. The molecule has 0 aliphatic rings. The Labute approximate surface area is 140 Å². The molecule has 0 fully saturated rings. The molecule has 6 heteroatoms. The molecule has 1 atom stereocenters. The highest BCUT2D eigenvalue weighted by molar-refractivity contribution is 5.97. The SMILES string of the molecule is CC(C)[C@H](OC(=O)Cc1cccc2ccccc12)C(=O)NC(N)=O. The van der Waals surface area contributed by atoms with Crippen molar-refractivity contribution in [2.24, 2.45) is 11.7 Å². The maximum Gasteiger partial charge on any atom is 0.318 e. The third-order valence-corrected chi connectivity index (χ3v) is 3.58. The Morgan fingerprint density at radius 1 is 1.08 bits per heavy atom. The van der Waals surface area contributed by atoms with Gasteiger partial charge in [0.05, 0.1) is 6.42 Å². The Hall–Kier alpha value is -2.89. The van der Waals surface area contributed by atoms with Crippen LogP contribution in [-0.2, 0) is 20.7 Å². The first-order valence-electron chi connectivity index (χ1n) is 7.65. The number of amides is 3. The number of nitrogens with one attached hydrogen (secondary N) is 1. The van der Waals surface area contributed by atoms with Crippen molar-refractivity contribution in [3.05, 3.63) is 48.0 Å². The van der Waals surface area contributed by atoms with E-state index in [2.05, 4.69) is 0 Å². The topological polar surface area (TPSA) is 98.5 Å². The number of ether oxygens (including phenoxy) is 1. The first kappa shape index (κ1) is 17.5. The van der Waals surface area contributed by atoms with E-state index in [1.54, 1.807) is 13.8 Å². The molecule has 0 spiro atoms. The zero-order valence-corrected chi connectivity index (χ0v) is 13.6. The molecule has 2 aromatic carbocycles. The first-order chi connectivity index (χ1) is 11.4. The molecule has 0 aliphatic carbocycles. The van der Waals surface area contributed by atoms with Gasteiger partial charge in [-0.05, 0) is 22.3 Å². The minimum atomic E-state index is -1.07. The molecule has 0 aromatic heterocycles. The Morgan fingerprint density at radius 2 is 1.75 bits per heavy atom. The molecule has 24 heavy (non-hydrogen) atoms. The van der Waals surface area contributed by atoms with Crippen LogP contribution in [0.4, 0.5) is 4.79 Å². The molecular formula is C18H20N2O4. The van der Waals surface area contributed by atoms with Crippen molar-refractivity contribution >= 4 is 28.7 Å². The molecule has 2 aromatic rings. The fraction of sp³-hybridized carbons (Fsp3) is 0.278. The Kier molecular flexibility index (Phi) is 5.52. The average molecular weight is 328 g/mol. The summed E-state index contributed by atoms with van der Waals surface area (Å²) in [4.78, 5) is 35.0. The Morgan fingerprint density at radius 3 is 2.42 bits per heavy atom. The van der Waals surface area contributed by atoms with Gasteiger partial charge in [-0.15, -0.1) is 0 Å². The van der Waals surface area contributed by atoms with Crippen molar-refractivity contribution in [2.45, 2.75) is 26.4 Å². The van der Waals surface area contributed by atoms with Crippen molar-refractivity contribution in [1.29, 1.82) is 0 Å². The molecule has 0 aliphatic heterocycles. The van der Waals surface area contributed by atoms with E-state index >= 15 is 0 Å². The van der Waals surface area contributed by atoms with Crippen LogP contribution in [0.1, 0.15) is 19.4 Å². The minimum Gasteiger partial charge on any atom is -0.452 e. The highest BCUT2D eigenvalue weighted by Crippen LogP contribution is 2.19. The van der Waals surface area contributed by atoms with E-state index in [1.807, 2.05) is 47.8 Å². The monoisotopic (exact) mass is 328 g/mol. The number of carbonyl (C=O) groups excluding carboxylic acids is 3. The summed E-state index contributed by atoms with van der Waals surface area (Å²) in [5.74, 6) is -1.55. The number of nitrogens with two attached hydrogens (primary N) is 1. The van der Waals surface area contributed by atoms with Crippen LogP contribution in [0.5, 0.6) is 0 Å². The Bertz CT molecular complexity index is 765. The normalized spacial score (nSPS) is 12.0. The summed E-state index contributed by atoms with van der Waals surface area (Å²) in [6, 6.07) is 12.4. The fourth-order valence-electron chi connectivity index (χ4n) is 2.47. The number of hydrogen-bond donors (Lipinski definition) is 2. The van der Waals surface area contributed by atoms with E-state index < -0.39 is 24.0 Å². The molecule has 0 unspecified atom stereocenters. The first-order valence-corrected chi connectivity index (χ1v) is 7.65. The predicted molar refractivity (Wildman–Crippen MR) is 90.1 cm³/mol. The van der Waals surface area contributed by atoms with Crippen LogP contribution in [0.2, 0.25) is 0 Å². The zero-order valence-electron chi connectivity index (χ0n) is 13.6. The molecule has 3 N–H and O–H groups in total. The molecule has 0 radical (unpaired) electrons. The maximum atomic E-state index is 12.2. The number of urea groups is 1. The number of esters is 1. The number of hydrogen-bond acceptors (Lipinski definition) is 4. The maximum absolute atomic E-state index is 12.2. The quantitative estimate of drug-likeness (QED) is 0.822. The van der Waals surface area contributed by atoms with Crippen LogP contribution in [0.3, 0.4) is 0 Å². The van der Waals surface area contributed by atoms with Crippen LogP contribution < -0.4 is 11.1 Å². The van der Waals surface area contributed by atoms with E-state index in [-0.39, 0.29) is 12.3 Å². The van der Waals surface area contributed by atoms with Crippen molar-refractivity contribution < 1.29 is 19.1 Å². The van der Waals surface area contributed by atoms with Crippen molar-refractivity contribution in [2.75, 3.05) is 0 Å². The lowest BCUT2D eigenvalue weighted by molar-refractivity contribution is -0.157. The van der Waals surface area contributed by atoms with Gasteiger partial charge >= 0.3 is 12.0 Å². The van der Waals surface area contributed by atoms with Gasteiger partial charge < -0.3 is 10.5 Å². The van der Waals surface area contributed by atoms with Gasteiger partial charge in [-0.2, -0.15) is 0 Å². The summed E-state index contributed by atoms with van der Waals surface area (Å²) in [6.07, 6.45) is -1.03. The zero-order chi connectivity index (χ0) is 17.7. The van der Waals surface area contributed by atoms with Gasteiger partial charge in [0.1, 0.15) is 0 Å². The molecular weight excluding hydrogens is 308 g/mol. The van der Waals surface area contributed by atoms with Crippen LogP contribution >= 0.6 is 0 Å². The second kappa shape index (κ2) is 7.59. The fourth-order valence-corrected chi connectivity index (χ4v) is 2.47. The smallest absolute Gasteiger partial charge is 0.318 e. The highest BCUT2D eigenvalue weighted by Gasteiger charge is 2.27. The lowest BCUT2D eigenvalue weighted by Crippen LogP contribution is -2.45. The second-order valence-corrected chi connectivity index (χ2v) is 5.82. The molecule has 2 rings (SSSR count). The van der Waals surface area contributed by atoms with Crippen molar-refractivity contribution in [1.82, 2.24) is 5.32 Å². The van der Waals surface area contributed by atoms with E-state index in [9.17, 15) is 14.4 Å². The molecule has 0 saturated heterocycles. The molecule has 0 heterocycles. The standard InChI is InChI=1S/C18H20N2O4/c1-11(2)16(17(22)20-18(19)23)24-15(21)10-13-8-5-7-12-6-3-4-9-14(12)13/h3-9,11,16H,10H2,1-2H3,(H3,19,20,22,23)/t16-/m0/s1. The summed E-state index contributed by atoms with van der Waals surface area (Å²) in [6.45, 7) is 3.44. The number of fused-ring (bicyclic) bond motifs is 1. The molecule has 126 valence electrons. The third kappa shape index (κ3) is 4.32. The summed E-state index contributed by atoms with van der Waals surface area (Å²) in [5, 5.41) is 3.93. The van der Waals surface area contributed by atoms with E-state index in [4.69, 9.17) is 10.5 Å². The van der Waals surface area contributed by atoms with Gasteiger partial charge in [-0.1, -0.05) is 56.3 Å². The van der Waals surface area contributed by atoms with Crippen LogP contribution in [0.25, 0.3) is 10.8 Å². The number of benzene rings is 2. The Balaban J connectivity index is 2.13. The summed E-state index contributed by atoms with van der Waals surface area (Å²) in [7, 11) is 0. The predicted octanol–water partition coefficient (Wildman–Crippen LogP) is 2.15. The average Bonchev–Trinajstić information content (AvgIpc) is 2.52. The lowest BCUT2D eigenvalue weighted by atomic mass is 10.0. The van der Waals surface area contributed by atoms with Gasteiger partial charge in [0.15, 0.2) is 6.10 Å². The number of rotatable bonds is 5. The van der Waals surface area contributed by atoms with Crippen LogP contribution in [0, 0.1) is 5.92 Å². The van der Waals surface area contributed by atoms with E-state index in [0.717, 1.165) is 16.3 Å². The molecule has 0 saturated carbocycles. The number of carbonyl (C=O) groups is 3. The number of imide groups is 1. The second-order valence-electron chi connectivity index (χ2n) is 5.82. The molecule has 0 bridgehead atoms. The van der Waals surface area contributed by atoms with Gasteiger partial charge in [-0.3, -0.25) is 14.9 Å². The van der Waals surface area contributed by atoms with Crippen molar-refractivity contribution in [3.63, 3.8) is 0 Å². The third-order valence-electron chi connectivity index (χ3n) is 3.58. The summed E-state index contributed by atoms with van der Waals surface area (Å²) < 4.78 is 5.27. The highest BCUT2D eigenvalue weighted by atomic mass is 16.5. The molecule has 6 nitrogen and oxygen atoms in total. The summed E-state index contributed by atoms with van der Waals surface area (Å²) >= 11 is 0. The van der Waals surface area contributed by atoms with Gasteiger partial charge in [-0.25, -0.2) is 4.79 Å². The minimum absolute atomic E-state index is 0.0361. The van der Waals surface area contributed by atoms with E-state index in [0.29, 0.717) is 0 Å². The summed E-state index contributed by atoms with van der Waals surface area (Å²) in [5.41, 5.74) is 5.75. The lowest BCUT2D eigenvalue weighted by Gasteiger charge is -2.20. The van der Waals surface area contributed by atoms with Crippen LogP contribution in [0.15, 0.2) is 42.5 Å². The number of primary amides is 1. The van der Waals surface area contributed by atoms with Gasteiger partial charge in [0.25, 0.3) is 5.91 Å². The van der Waals surface area contributed by atoms with Gasteiger partial charge in [0, 0.05) is 0 Å². The van der Waals surface area contributed by atoms with E-state index in [1.165, 1.54) is 0 Å². The van der Waals surface area contributed by atoms with Crippen molar-refractivity contribution in [3.8, 4) is 0 Å². The van der Waals surface area contributed by atoms with Crippen LogP contribution in [-0.4, -0.2) is 24.0 Å². The molecule has 3 amide bonds. The van der Waals surface area contributed by atoms with Gasteiger partial charge in [0.2, 0.25) is 0 Å².